The Morgan fingerprint density at radius 1 is 0.794 bits per heavy atom. The maximum absolute atomic E-state index is 13.3. The zero-order chi connectivity index (χ0) is 23.9. The lowest BCUT2D eigenvalue weighted by Crippen LogP contribution is -2.22. The van der Waals surface area contributed by atoms with Crippen LogP contribution < -0.4 is 16.4 Å². The molecule has 34 heavy (non-hydrogen) atoms. The zero-order valence-electron chi connectivity index (χ0n) is 17.9. The van der Waals surface area contributed by atoms with Crippen molar-refractivity contribution in [3.63, 3.8) is 0 Å². The van der Waals surface area contributed by atoms with Crippen molar-refractivity contribution in [2.45, 2.75) is 10.1 Å². The highest BCUT2D eigenvalue weighted by Crippen LogP contribution is 2.37. The number of rotatable bonds is 8. The Morgan fingerprint density at radius 2 is 1.50 bits per heavy atom. The molecule has 3 amide bonds. The predicted molar refractivity (Wildman–Crippen MR) is 137 cm³/mol. The number of amides is 3. The van der Waals surface area contributed by atoms with Crippen LogP contribution in [0.3, 0.4) is 0 Å². The van der Waals surface area contributed by atoms with Gasteiger partial charge < -0.3 is 16.4 Å². The molecule has 0 fully saturated rings. The summed E-state index contributed by atoms with van der Waals surface area (Å²) < 4.78 is 0. The molecule has 1 heterocycles. The third-order valence-corrected chi connectivity index (χ3v) is 7.04. The largest absolute Gasteiger partial charge is 0.366 e. The van der Waals surface area contributed by atoms with E-state index in [4.69, 9.17) is 5.73 Å². The Balaban J connectivity index is 1.52. The Bertz CT molecular complexity index is 1290. The molecule has 0 saturated carbocycles. The van der Waals surface area contributed by atoms with E-state index in [9.17, 15) is 14.4 Å². The number of carbonyl (C=O) groups excluding carboxylic acids is 3. The van der Waals surface area contributed by atoms with Crippen molar-refractivity contribution >= 4 is 52.2 Å². The molecule has 4 N–H and O–H groups in total. The molecule has 1 unspecified atom stereocenters. The van der Waals surface area contributed by atoms with Crippen LogP contribution in [0.15, 0.2) is 101 Å². The molecule has 3 aromatic carbocycles. The minimum Gasteiger partial charge on any atom is -0.366 e. The minimum atomic E-state index is -0.611. The lowest BCUT2D eigenvalue weighted by atomic mass is 10.1. The van der Waals surface area contributed by atoms with Crippen LogP contribution in [0, 0.1) is 0 Å². The number of carbonyl (C=O) groups is 3. The summed E-state index contributed by atoms with van der Waals surface area (Å²) in [5.41, 5.74) is 7.56. The first-order valence-electron chi connectivity index (χ1n) is 10.4. The molecule has 4 aromatic rings. The number of para-hydroxylation sites is 1. The van der Waals surface area contributed by atoms with Crippen LogP contribution in [0.1, 0.15) is 30.8 Å². The molecule has 0 aliphatic carbocycles. The third-order valence-electron chi connectivity index (χ3n) is 4.90. The first-order valence-corrected chi connectivity index (χ1v) is 12.1. The van der Waals surface area contributed by atoms with Gasteiger partial charge >= 0.3 is 0 Å². The van der Waals surface area contributed by atoms with Gasteiger partial charge in [0.25, 0.3) is 11.8 Å². The Labute approximate surface area is 205 Å². The summed E-state index contributed by atoms with van der Waals surface area (Å²) in [4.78, 5) is 38.8. The fourth-order valence-corrected chi connectivity index (χ4v) is 4.90. The van der Waals surface area contributed by atoms with E-state index in [2.05, 4.69) is 10.6 Å². The molecule has 170 valence electrons. The highest BCUT2D eigenvalue weighted by atomic mass is 32.2. The molecule has 6 nitrogen and oxygen atoms in total. The van der Waals surface area contributed by atoms with E-state index in [0.717, 1.165) is 10.5 Å². The second-order valence-corrected chi connectivity index (χ2v) is 9.39. The van der Waals surface area contributed by atoms with Crippen LogP contribution in [0.25, 0.3) is 0 Å². The number of thiophene rings is 1. The summed E-state index contributed by atoms with van der Waals surface area (Å²) in [5, 5.41) is 6.99. The first-order chi connectivity index (χ1) is 16.5. The van der Waals surface area contributed by atoms with Crippen LogP contribution in [0.5, 0.6) is 0 Å². The predicted octanol–water partition coefficient (Wildman–Crippen LogP) is 5.57. The molecule has 0 spiro atoms. The van der Waals surface area contributed by atoms with E-state index >= 15 is 0 Å². The summed E-state index contributed by atoms with van der Waals surface area (Å²) in [7, 11) is 0. The van der Waals surface area contributed by atoms with E-state index in [1.165, 1.54) is 23.1 Å². The van der Waals surface area contributed by atoms with Crippen molar-refractivity contribution in [1.29, 1.82) is 0 Å². The van der Waals surface area contributed by atoms with E-state index in [1.807, 2.05) is 53.9 Å². The lowest BCUT2D eigenvalue weighted by Gasteiger charge is -2.18. The number of primary amides is 1. The van der Waals surface area contributed by atoms with Gasteiger partial charge in [-0.1, -0.05) is 48.5 Å². The molecule has 0 saturated heterocycles. The standard InChI is InChI=1S/C26H21N3O3S2/c27-24(30)20-9-4-5-10-21(20)29-26(32)23(17-7-2-1-3-8-17)34-19-14-12-18(13-15-19)28-25(31)22-11-6-16-33-22/h1-16,23H,(H2,27,30)(H,28,31)(H,29,32). The van der Waals surface area contributed by atoms with Crippen LogP contribution in [0.2, 0.25) is 0 Å². The third kappa shape index (κ3) is 5.72. The van der Waals surface area contributed by atoms with Crippen LogP contribution in [0.4, 0.5) is 11.4 Å². The van der Waals surface area contributed by atoms with Crippen molar-refractivity contribution in [3.8, 4) is 0 Å². The highest BCUT2D eigenvalue weighted by molar-refractivity contribution is 8.00. The van der Waals surface area contributed by atoms with Gasteiger partial charge in [-0.05, 0) is 53.4 Å². The number of nitrogens with two attached hydrogens (primary N) is 1. The van der Waals surface area contributed by atoms with Crippen molar-refractivity contribution in [2.24, 2.45) is 5.73 Å². The molecule has 0 radical (unpaired) electrons. The van der Waals surface area contributed by atoms with E-state index in [-0.39, 0.29) is 17.4 Å². The van der Waals surface area contributed by atoms with E-state index < -0.39 is 11.2 Å². The van der Waals surface area contributed by atoms with Crippen molar-refractivity contribution in [2.75, 3.05) is 10.6 Å². The Hall–Kier alpha value is -3.88. The zero-order valence-corrected chi connectivity index (χ0v) is 19.6. The SMILES string of the molecule is NC(=O)c1ccccc1NC(=O)C(Sc1ccc(NC(=O)c2cccs2)cc1)c1ccccc1. The fourth-order valence-electron chi connectivity index (χ4n) is 3.26. The Morgan fingerprint density at radius 3 is 2.18 bits per heavy atom. The van der Waals surface area contributed by atoms with Gasteiger partial charge in [-0.15, -0.1) is 23.1 Å². The highest BCUT2D eigenvalue weighted by Gasteiger charge is 2.23. The number of hydrogen-bond donors (Lipinski definition) is 3. The second-order valence-electron chi connectivity index (χ2n) is 7.26. The minimum absolute atomic E-state index is 0.162. The van der Waals surface area contributed by atoms with Crippen molar-refractivity contribution < 1.29 is 14.4 Å². The number of benzene rings is 3. The van der Waals surface area contributed by atoms with Crippen molar-refractivity contribution in [1.82, 2.24) is 0 Å². The summed E-state index contributed by atoms with van der Waals surface area (Å²) >= 11 is 2.75. The van der Waals surface area contributed by atoms with Gasteiger partial charge in [-0.25, -0.2) is 0 Å². The molecule has 8 heteroatoms. The molecule has 1 aromatic heterocycles. The number of thioether (sulfide) groups is 1. The average Bonchev–Trinajstić information content (AvgIpc) is 3.39. The quantitative estimate of drug-likeness (QED) is 0.283. The van der Waals surface area contributed by atoms with Gasteiger partial charge in [-0.3, -0.25) is 14.4 Å². The average molecular weight is 488 g/mol. The molecular weight excluding hydrogens is 466 g/mol. The summed E-state index contributed by atoms with van der Waals surface area (Å²) in [6.45, 7) is 0. The fraction of sp³-hybridized carbons (Fsp3) is 0.0385. The monoisotopic (exact) mass is 487 g/mol. The van der Waals surface area contributed by atoms with Gasteiger partial charge in [0.15, 0.2) is 0 Å². The van der Waals surface area contributed by atoms with Gasteiger partial charge in [0.2, 0.25) is 5.91 Å². The number of hydrogen-bond acceptors (Lipinski definition) is 5. The van der Waals surface area contributed by atoms with E-state index in [0.29, 0.717) is 16.3 Å². The normalized spacial score (nSPS) is 11.4. The van der Waals surface area contributed by atoms with Gasteiger partial charge in [0.05, 0.1) is 16.1 Å². The summed E-state index contributed by atoms with van der Waals surface area (Å²) in [5.74, 6) is -1.05. The van der Waals surface area contributed by atoms with Crippen LogP contribution >= 0.6 is 23.1 Å². The Kier molecular flexibility index (Phi) is 7.41. The van der Waals surface area contributed by atoms with Crippen LogP contribution in [-0.4, -0.2) is 17.7 Å². The van der Waals surface area contributed by atoms with Gasteiger partial charge in [0.1, 0.15) is 5.25 Å². The van der Waals surface area contributed by atoms with Gasteiger partial charge in [0, 0.05) is 10.6 Å². The number of anilines is 2. The maximum atomic E-state index is 13.3. The number of nitrogens with one attached hydrogen (secondary N) is 2. The summed E-state index contributed by atoms with van der Waals surface area (Å²) in [6, 6.07) is 27.0. The first kappa shape index (κ1) is 23.3. The molecule has 4 rings (SSSR count). The second kappa shape index (κ2) is 10.8. The van der Waals surface area contributed by atoms with Crippen LogP contribution in [-0.2, 0) is 4.79 Å². The van der Waals surface area contributed by atoms with E-state index in [1.54, 1.807) is 42.5 Å². The molecule has 1 atom stereocenters. The maximum Gasteiger partial charge on any atom is 0.265 e. The molecule has 0 bridgehead atoms. The topological polar surface area (TPSA) is 101 Å². The molecule has 0 aliphatic heterocycles. The molecule has 0 aliphatic rings. The van der Waals surface area contributed by atoms with Gasteiger partial charge in [-0.2, -0.15) is 0 Å². The summed E-state index contributed by atoms with van der Waals surface area (Å²) in [6.07, 6.45) is 0. The smallest absolute Gasteiger partial charge is 0.265 e. The lowest BCUT2D eigenvalue weighted by molar-refractivity contribution is -0.115. The van der Waals surface area contributed by atoms with Crippen molar-refractivity contribution in [3.05, 3.63) is 112 Å². The molecular formula is C26H21N3O3S2.